The topological polar surface area (TPSA) is 31.7 Å². The molecule has 2 aliphatic heterocycles. The van der Waals surface area contributed by atoms with Gasteiger partial charge in [-0.15, -0.1) is 0 Å². The predicted molar refractivity (Wildman–Crippen MR) is 139 cm³/mol. The third kappa shape index (κ3) is 4.76. The monoisotopic (exact) mass is 519 g/mol. The van der Waals surface area contributed by atoms with E-state index in [1.54, 1.807) is 6.07 Å². The number of hydrogen-bond donors (Lipinski definition) is 3. The third-order valence-corrected chi connectivity index (χ3v) is 10.8. The van der Waals surface area contributed by atoms with Crippen molar-refractivity contribution in [2.45, 2.75) is 45.7 Å². The lowest BCUT2D eigenvalue weighted by Gasteiger charge is -2.36. The normalized spacial score (nSPS) is 24.6. The summed E-state index contributed by atoms with van der Waals surface area (Å²) in [5.41, 5.74) is 6.42. The van der Waals surface area contributed by atoms with Gasteiger partial charge in [-0.05, 0) is 66.8 Å². The van der Waals surface area contributed by atoms with Crippen molar-refractivity contribution in [2.75, 3.05) is 23.0 Å². The quantitative estimate of drug-likeness (QED) is 0.430. The van der Waals surface area contributed by atoms with Gasteiger partial charge in [0.1, 0.15) is 11.0 Å². The number of para-hydroxylation sites is 1. The van der Waals surface area contributed by atoms with Crippen LogP contribution in [0.3, 0.4) is 0 Å². The maximum atomic E-state index is 13.5. The molecule has 0 radical (unpaired) electrons. The molecule has 1 aliphatic carbocycles. The maximum Gasteiger partial charge on any atom is 0.416 e. The van der Waals surface area contributed by atoms with Crippen LogP contribution in [0.15, 0.2) is 77.4 Å². The first kappa shape index (κ1) is 24.4. The number of nitrogens with one attached hydrogen (secondary N) is 3. The Morgan fingerprint density at radius 1 is 1.03 bits per heavy atom. The number of nitrogens with zero attached hydrogens (tertiary/aromatic N) is 1. The second-order valence-electron chi connectivity index (χ2n) is 10.2. The first-order valence-corrected chi connectivity index (χ1v) is 14.8. The number of fused-ring (bicyclic) bond motifs is 1. The first-order chi connectivity index (χ1) is 16.6. The number of anilines is 2. The van der Waals surface area contributed by atoms with Crippen molar-refractivity contribution in [3.8, 4) is 0 Å². The van der Waals surface area contributed by atoms with E-state index in [1.807, 2.05) is 35.1 Å². The van der Waals surface area contributed by atoms with Crippen molar-refractivity contribution >= 4 is 29.5 Å². The highest BCUT2D eigenvalue weighted by Crippen LogP contribution is 2.66. The number of rotatable bonds is 4. The fraction of sp³-hybridized carbons (Fsp3) is 0.385. The van der Waals surface area contributed by atoms with Crippen molar-refractivity contribution in [3.63, 3.8) is 0 Å². The van der Waals surface area contributed by atoms with E-state index in [2.05, 4.69) is 30.4 Å². The van der Waals surface area contributed by atoms with Gasteiger partial charge in [0.25, 0.3) is 0 Å². The van der Waals surface area contributed by atoms with Crippen molar-refractivity contribution < 1.29 is 18.1 Å². The Hall–Kier alpha value is -2.28. The fourth-order valence-corrected chi connectivity index (χ4v) is 9.34. The van der Waals surface area contributed by atoms with E-state index < -0.39 is 18.1 Å². The lowest BCUT2D eigenvalue weighted by atomic mass is 9.82. The second kappa shape index (κ2) is 8.99. The van der Waals surface area contributed by atoms with Crippen molar-refractivity contribution in [2.24, 2.45) is 5.41 Å². The second-order valence-corrected chi connectivity index (χ2v) is 14.0. The molecule has 5 rings (SSSR count). The van der Waals surface area contributed by atoms with E-state index in [1.165, 1.54) is 42.0 Å². The average Bonchev–Trinajstić information content (AvgIpc) is 3.10. The molecule has 1 atom stereocenters. The van der Waals surface area contributed by atoms with Crippen LogP contribution in [-0.4, -0.2) is 13.1 Å². The van der Waals surface area contributed by atoms with Crippen LogP contribution < -0.4 is 20.2 Å². The summed E-state index contributed by atoms with van der Waals surface area (Å²) in [4.78, 5) is 1.46. The molecule has 0 saturated carbocycles. The highest BCUT2D eigenvalue weighted by Gasteiger charge is 2.48. The lowest BCUT2D eigenvalue weighted by molar-refractivity contribution is -0.868. The van der Waals surface area contributed by atoms with Gasteiger partial charge in [0.05, 0.1) is 30.0 Å². The van der Waals surface area contributed by atoms with E-state index in [-0.39, 0.29) is 5.41 Å². The summed E-state index contributed by atoms with van der Waals surface area (Å²) < 4.78 is 42.5. The summed E-state index contributed by atoms with van der Waals surface area (Å²) >= 11 is 6.48. The zero-order valence-corrected chi connectivity index (χ0v) is 21.7. The number of hydrazine groups is 1. The summed E-state index contributed by atoms with van der Waals surface area (Å²) in [5.74, 6) is 0. The van der Waals surface area contributed by atoms with Crippen molar-refractivity contribution in [3.05, 3.63) is 82.9 Å². The highest BCUT2D eigenvalue weighted by atomic mass is 32.4. The zero-order chi connectivity index (χ0) is 24.8. The summed E-state index contributed by atoms with van der Waals surface area (Å²) in [6, 6.07) is 15.2. The molecule has 0 amide bonds. The van der Waals surface area contributed by atoms with Gasteiger partial charge in [0.2, 0.25) is 0 Å². The van der Waals surface area contributed by atoms with Crippen molar-refractivity contribution in [1.82, 2.24) is 5.43 Å². The molecule has 2 aromatic rings. The molecule has 2 fully saturated rings. The molecule has 9 heteroatoms. The van der Waals surface area contributed by atoms with Crippen molar-refractivity contribution in [1.29, 1.82) is 0 Å². The van der Waals surface area contributed by atoms with Gasteiger partial charge in [0.15, 0.2) is 6.34 Å². The lowest BCUT2D eigenvalue weighted by Crippen LogP contribution is -3.11. The molecule has 0 unspecified atom stereocenters. The summed E-state index contributed by atoms with van der Waals surface area (Å²) in [5, 5.41) is 4.53. The Kier molecular flexibility index (Phi) is 6.27. The van der Waals surface area contributed by atoms with Crippen LogP contribution in [0.1, 0.15) is 45.1 Å². The van der Waals surface area contributed by atoms with Gasteiger partial charge in [-0.1, -0.05) is 44.2 Å². The molecule has 0 spiro atoms. The van der Waals surface area contributed by atoms with Gasteiger partial charge in [-0.25, -0.2) is 4.78 Å². The van der Waals surface area contributed by atoms with E-state index in [0.717, 1.165) is 42.3 Å². The van der Waals surface area contributed by atoms with Crippen LogP contribution in [0.2, 0.25) is 0 Å². The predicted octanol–water partition coefficient (Wildman–Crippen LogP) is 6.05. The molecule has 2 heterocycles. The smallest absolute Gasteiger partial charge is 0.337 e. The fourth-order valence-electron chi connectivity index (χ4n) is 5.34. The number of benzene rings is 2. The molecule has 4 nitrogen and oxygen atoms in total. The molecule has 186 valence electrons. The molecular weight excluding hydrogens is 488 g/mol. The summed E-state index contributed by atoms with van der Waals surface area (Å²) in [6.07, 6.45) is -0.485. The highest BCUT2D eigenvalue weighted by molar-refractivity contribution is 8.18. The minimum absolute atomic E-state index is 0.0469. The SMILES string of the molecule is CC1(C)C=C2NN(c3ccccc3)[P@](=S)(Nc3cccc(C(F)(F)F)c3)C2=C([NH+]2CCCCC2)C1. The number of alkyl halides is 3. The van der Waals surface area contributed by atoms with Gasteiger partial charge in [0, 0.05) is 12.1 Å². The van der Waals surface area contributed by atoms with Crippen LogP contribution in [0.5, 0.6) is 0 Å². The number of allylic oxidation sites excluding steroid dienone is 3. The molecule has 2 aromatic carbocycles. The third-order valence-electron chi connectivity index (χ3n) is 6.87. The van der Waals surface area contributed by atoms with Gasteiger partial charge >= 0.3 is 6.18 Å². The number of likely N-dealkylation sites (tertiary alicyclic amines) is 1. The molecule has 0 aromatic heterocycles. The first-order valence-electron chi connectivity index (χ1n) is 12.1. The molecule has 3 N–H and O–H groups in total. The number of hydrogen-bond acceptors (Lipinski definition) is 2. The number of halogens is 3. The van der Waals surface area contributed by atoms with Crippen LogP contribution in [-0.2, 0) is 18.0 Å². The average molecular weight is 520 g/mol. The van der Waals surface area contributed by atoms with E-state index in [4.69, 9.17) is 11.8 Å². The largest absolute Gasteiger partial charge is 0.416 e. The maximum absolute atomic E-state index is 13.5. The van der Waals surface area contributed by atoms with Crippen LogP contribution in [0.4, 0.5) is 24.5 Å². The zero-order valence-electron chi connectivity index (χ0n) is 20.0. The Balaban J connectivity index is 1.67. The summed E-state index contributed by atoms with van der Waals surface area (Å²) in [7, 11) is 0. The molecule has 35 heavy (non-hydrogen) atoms. The molecule has 2 saturated heterocycles. The van der Waals surface area contributed by atoms with E-state index in [0.29, 0.717) is 5.69 Å². The minimum Gasteiger partial charge on any atom is -0.337 e. The number of quaternary nitrogens is 1. The Bertz CT molecular complexity index is 1220. The molecule has 3 aliphatic rings. The molecular formula is C26H31F3N4PS+. The van der Waals surface area contributed by atoms with Gasteiger partial charge in [-0.3, -0.25) is 5.43 Å². The minimum atomic E-state index is -4.42. The Morgan fingerprint density at radius 2 is 1.74 bits per heavy atom. The van der Waals surface area contributed by atoms with E-state index in [9.17, 15) is 13.2 Å². The standard InChI is InChI=1S/C26H30F3N4PS/c1-25(2)17-22-24(23(18-25)32-14-7-4-8-15-32)34(35,33(30-22)21-12-5-3-6-13-21)31-20-11-9-10-19(16-20)26(27,28)29/h3,5-6,9-13,16-17,30H,4,7-8,14-15,18H2,1-2H3,(H,31,35)/p+1/t34-/m1/s1. The van der Waals surface area contributed by atoms with Crippen LogP contribution in [0.25, 0.3) is 0 Å². The molecule has 0 bridgehead atoms. The van der Waals surface area contributed by atoms with E-state index >= 15 is 0 Å². The van der Waals surface area contributed by atoms with Crippen LogP contribution in [0, 0.1) is 5.41 Å². The van der Waals surface area contributed by atoms with Crippen LogP contribution >= 0.6 is 6.34 Å². The van der Waals surface area contributed by atoms with Gasteiger partial charge in [-0.2, -0.15) is 13.2 Å². The summed E-state index contributed by atoms with van der Waals surface area (Å²) in [6.45, 7) is 6.59. The van der Waals surface area contributed by atoms with Gasteiger partial charge < -0.3 is 9.99 Å². The number of piperidine rings is 1. The Morgan fingerprint density at radius 3 is 2.43 bits per heavy atom. The Labute approximate surface area is 210 Å².